The number of amides is 2. The van der Waals surface area contributed by atoms with Crippen LogP contribution in [0.4, 0.5) is 0 Å². The fraction of sp³-hybridized carbons (Fsp3) is 0.500. The number of benzene rings is 1. The molecule has 2 rings (SSSR count). The summed E-state index contributed by atoms with van der Waals surface area (Å²) in [4.78, 5) is 26.8. The number of hydrogen-bond acceptors (Lipinski definition) is 3. The molecule has 1 aromatic rings. The molecule has 0 radical (unpaired) electrons. The number of nitrogens with zero attached hydrogens (tertiary/aromatic N) is 1. The maximum Gasteiger partial charge on any atom is 0.250 e. The Bertz CT molecular complexity index is 528. The maximum absolute atomic E-state index is 12.8. The third-order valence-electron chi connectivity index (χ3n) is 3.99. The molecule has 5 nitrogen and oxygen atoms in total. The minimum Gasteiger partial charge on any atom is -0.380 e. The second-order valence-corrected chi connectivity index (χ2v) is 5.87. The van der Waals surface area contributed by atoms with E-state index in [1.807, 2.05) is 37.3 Å². The zero-order chi connectivity index (χ0) is 15.6. The average Bonchev–Trinajstić information content (AvgIpc) is 2.48. The van der Waals surface area contributed by atoms with Crippen molar-refractivity contribution < 1.29 is 14.3 Å². The van der Waals surface area contributed by atoms with E-state index in [1.54, 1.807) is 25.9 Å². The van der Waals surface area contributed by atoms with Crippen molar-refractivity contribution in [3.63, 3.8) is 0 Å². The molecular formula is C16H22N2O3. The van der Waals surface area contributed by atoms with E-state index >= 15 is 0 Å². The maximum atomic E-state index is 12.8. The Morgan fingerprint density at radius 1 is 1.29 bits per heavy atom. The summed E-state index contributed by atoms with van der Waals surface area (Å²) < 4.78 is 5.25. The van der Waals surface area contributed by atoms with Gasteiger partial charge in [-0.2, -0.15) is 0 Å². The largest absolute Gasteiger partial charge is 0.380 e. The first-order valence-electron chi connectivity index (χ1n) is 7.08. The van der Waals surface area contributed by atoms with Crippen LogP contribution in [0, 0.1) is 0 Å². The van der Waals surface area contributed by atoms with Crippen LogP contribution in [0.2, 0.25) is 0 Å². The summed E-state index contributed by atoms with van der Waals surface area (Å²) >= 11 is 0. The van der Waals surface area contributed by atoms with Crippen molar-refractivity contribution >= 4 is 11.8 Å². The highest BCUT2D eigenvalue weighted by atomic mass is 16.5. The van der Waals surface area contributed by atoms with Gasteiger partial charge in [0.1, 0.15) is 11.6 Å². The Morgan fingerprint density at radius 3 is 2.48 bits per heavy atom. The molecule has 114 valence electrons. The first-order chi connectivity index (χ1) is 9.87. The van der Waals surface area contributed by atoms with Crippen molar-refractivity contribution in [3.8, 4) is 0 Å². The number of carbonyl (C=O) groups is 2. The van der Waals surface area contributed by atoms with Gasteiger partial charge in [0, 0.05) is 13.7 Å². The molecule has 0 aromatic heterocycles. The Morgan fingerprint density at radius 2 is 1.90 bits per heavy atom. The molecule has 0 bridgehead atoms. The lowest BCUT2D eigenvalue weighted by molar-refractivity contribution is -0.157. The highest BCUT2D eigenvalue weighted by Gasteiger charge is 2.46. The van der Waals surface area contributed by atoms with E-state index in [2.05, 4.69) is 5.32 Å². The van der Waals surface area contributed by atoms with Gasteiger partial charge in [0.05, 0.1) is 6.10 Å². The second-order valence-electron chi connectivity index (χ2n) is 5.87. The van der Waals surface area contributed by atoms with Crippen LogP contribution in [-0.2, 0) is 14.3 Å². The molecule has 5 heteroatoms. The first-order valence-corrected chi connectivity index (χ1v) is 7.08. The van der Waals surface area contributed by atoms with Crippen molar-refractivity contribution in [2.75, 3.05) is 13.7 Å². The summed E-state index contributed by atoms with van der Waals surface area (Å²) in [6.45, 7) is 5.78. The van der Waals surface area contributed by atoms with Gasteiger partial charge in [-0.15, -0.1) is 0 Å². The summed E-state index contributed by atoms with van der Waals surface area (Å²) in [5, 5.41) is 2.82. The molecule has 1 fully saturated rings. The van der Waals surface area contributed by atoms with Gasteiger partial charge in [0.25, 0.3) is 5.91 Å². The Balaban J connectivity index is 2.32. The number of methoxy groups -OCH3 is 1. The Labute approximate surface area is 125 Å². The molecular weight excluding hydrogens is 268 g/mol. The van der Waals surface area contributed by atoms with Gasteiger partial charge >= 0.3 is 0 Å². The summed E-state index contributed by atoms with van der Waals surface area (Å²) in [6, 6.07) is 8.66. The predicted molar refractivity (Wildman–Crippen MR) is 79.6 cm³/mol. The second kappa shape index (κ2) is 5.85. The predicted octanol–water partition coefficient (Wildman–Crippen LogP) is 1.50. The van der Waals surface area contributed by atoms with Crippen molar-refractivity contribution in [2.45, 2.75) is 38.5 Å². The van der Waals surface area contributed by atoms with Gasteiger partial charge in [-0.3, -0.25) is 9.59 Å². The van der Waals surface area contributed by atoms with Crippen LogP contribution in [-0.4, -0.2) is 42.0 Å². The van der Waals surface area contributed by atoms with Gasteiger partial charge < -0.3 is 15.0 Å². The van der Waals surface area contributed by atoms with Crippen LogP contribution in [0.15, 0.2) is 30.3 Å². The minimum atomic E-state index is -0.880. The number of rotatable bonds is 4. The molecule has 2 atom stereocenters. The van der Waals surface area contributed by atoms with Crippen LogP contribution < -0.4 is 5.32 Å². The molecule has 1 aliphatic heterocycles. The SMILES string of the molecule is COC(C)CN1C(=O)C(c2ccccc2)NC(=O)C1(C)C. The molecule has 1 N–H and O–H groups in total. The van der Waals surface area contributed by atoms with E-state index in [-0.39, 0.29) is 17.9 Å². The third kappa shape index (κ3) is 2.93. The van der Waals surface area contributed by atoms with Gasteiger partial charge in [-0.25, -0.2) is 0 Å². The minimum absolute atomic E-state index is 0.102. The van der Waals surface area contributed by atoms with Crippen molar-refractivity contribution in [3.05, 3.63) is 35.9 Å². The molecule has 0 saturated carbocycles. The monoisotopic (exact) mass is 290 g/mol. The Kier molecular flexibility index (Phi) is 4.32. The first kappa shape index (κ1) is 15.5. The van der Waals surface area contributed by atoms with Gasteiger partial charge in [0.15, 0.2) is 0 Å². The average molecular weight is 290 g/mol. The van der Waals surface area contributed by atoms with Crippen LogP contribution in [0.5, 0.6) is 0 Å². The highest BCUT2D eigenvalue weighted by Crippen LogP contribution is 2.28. The number of hydrogen-bond donors (Lipinski definition) is 1. The van der Waals surface area contributed by atoms with E-state index in [9.17, 15) is 9.59 Å². The van der Waals surface area contributed by atoms with Crippen molar-refractivity contribution in [1.29, 1.82) is 0 Å². The standard InChI is InChI=1S/C16H22N2O3/c1-11(21-4)10-18-14(19)13(12-8-6-5-7-9-12)17-15(20)16(18,2)3/h5-9,11,13H,10H2,1-4H3,(H,17,20). The fourth-order valence-electron chi connectivity index (χ4n) is 2.44. The van der Waals surface area contributed by atoms with Crippen molar-refractivity contribution in [1.82, 2.24) is 10.2 Å². The van der Waals surface area contributed by atoms with E-state index in [0.29, 0.717) is 6.54 Å². The normalized spacial score (nSPS) is 22.9. The van der Waals surface area contributed by atoms with E-state index in [4.69, 9.17) is 4.74 Å². The van der Waals surface area contributed by atoms with Gasteiger partial charge in [-0.1, -0.05) is 30.3 Å². The summed E-state index contributed by atoms with van der Waals surface area (Å²) in [5.41, 5.74) is -0.0868. The third-order valence-corrected chi connectivity index (χ3v) is 3.99. The van der Waals surface area contributed by atoms with E-state index in [0.717, 1.165) is 5.56 Å². The van der Waals surface area contributed by atoms with Crippen molar-refractivity contribution in [2.24, 2.45) is 0 Å². The zero-order valence-electron chi connectivity index (χ0n) is 12.9. The molecule has 1 aliphatic rings. The lowest BCUT2D eigenvalue weighted by atomic mass is 9.92. The summed E-state index contributed by atoms with van der Waals surface area (Å²) in [6.07, 6.45) is -0.129. The van der Waals surface area contributed by atoms with Crippen LogP contribution >= 0.6 is 0 Å². The lowest BCUT2D eigenvalue weighted by Gasteiger charge is -2.45. The molecule has 1 heterocycles. The molecule has 21 heavy (non-hydrogen) atoms. The van der Waals surface area contributed by atoms with Crippen LogP contribution in [0.25, 0.3) is 0 Å². The summed E-state index contributed by atoms with van der Waals surface area (Å²) in [7, 11) is 1.60. The quantitative estimate of drug-likeness (QED) is 0.914. The smallest absolute Gasteiger partial charge is 0.250 e. The molecule has 2 amide bonds. The van der Waals surface area contributed by atoms with E-state index in [1.165, 1.54) is 0 Å². The number of ether oxygens (including phenoxy) is 1. The molecule has 2 unspecified atom stereocenters. The van der Waals surface area contributed by atoms with Gasteiger partial charge in [-0.05, 0) is 26.3 Å². The van der Waals surface area contributed by atoms with E-state index < -0.39 is 11.6 Å². The van der Waals surface area contributed by atoms with Gasteiger partial charge in [0.2, 0.25) is 5.91 Å². The fourth-order valence-corrected chi connectivity index (χ4v) is 2.44. The molecule has 1 saturated heterocycles. The number of carbonyl (C=O) groups excluding carboxylic acids is 2. The van der Waals surface area contributed by atoms with Crippen LogP contribution in [0.3, 0.4) is 0 Å². The Hall–Kier alpha value is -1.88. The summed E-state index contributed by atoms with van der Waals surface area (Å²) in [5.74, 6) is -0.256. The zero-order valence-corrected chi connectivity index (χ0v) is 12.9. The number of piperazine rings is 1. The molecule has 0 aliphatic carbocycles. The topological polar surface area (TPSA) is 58.6 Å². The number of nitrogens with one attached hydrogen (secondary N) is 1. The van der Waals surface area contributed by atoms with Crippen LogP contribution in [0.1, 0.15) is 32.4 Å². The lowest BCUT2D eigenvalue weighted by Crippen LogP contribution is -2.66. The molecule has 0 spiro atoms. The highest BCUT2D eigenvalue weighted by molar-refractivity contribution is 5.99. The molecule has 1 aromatic carbocycles.